The third-order valence-electron chi connectivity index (χ3n) is 5.42. The number of rotatable bonds is 6. The van der Waals surface area contributed by atoms with Gasteiger partial charge in [-0.2, -0.15) is 0 Å². The molecule has 0 saturated heterocycles. The van der Waals surface area contributed by atoms with Crippen molar-refractivity contribution in [3.63, 3.8) is 0 Å². The van der Waals surface area contributed by atoms with Gasteiger partial charge in [-0.05, 0) is 49.8 Å². The van der Waals surface area contributed by atoms with Crippen LogP contribution in [0, 0.1) is 0 Å². The van der Waals surface area contributed by atoms with Crippen LogP contribution in [0.1, 0.15) is 31.0 Å². The Morgan fingerprint density at radius 1 is 1.18 bits per heavy atom. The van der Waals surface area contributed by atoms with Gasteiger partial charge in [0.2, 0.25) is 0 Å². The third kappa shape index (κ3) is 4.45. The SMILES string of the molecule is CCOC(=O)C1=C(C)N=c2s/c(=C\c3ccc(Br)cc3)c(=O)n2[C@H]1c1ccc(OC)cc1OC. The van der Waals surface area contributed by atoms with Gasteiger partial charge < -0.3 is 14.2 Å². The number of hydrogen-bond acceptors (Lipinski definition) is 7. The summed E-state index contributed by atoms with van der Waals surface area (Å²) in [6, 6.07) is 12.2. The molecule has 7 nitrogen and oxygen atoms in total. The first-order valence-corrected chi connectivity index (χ1v) is 12.2. The summed E-state index contributed by atoms with van der Waals surface area (Å²) in [6.45, 7) is 3.70. The van der Waals surface area contributed by atoms with Crippen LogP contribution in [0.15, 0.2) is 68.0 Å². The topological polar surface area (TPSA) is 79.1 Å². The molecule has 3 aromatic rings. The molecule has 4 rings (SSSR count). The highest BCUT2D eigenvalue weighted by molar-refractivity contribution is 9.10. The van der Waals surface area contributed by atoms with E-state index in [1.165, 1.54) is 18.4 Å². The van der Waals surface area contributed by atoms with Gasteiger partial charge in [0.1, 0.15) is 17.5 Å². The molecule has 1 aliphatic rings. The molecule has 2 aromatic carbocycles. The highest BCUT2D eigenvalue weighted by atomic mass is 79.9. The van der Waals surface area contributed by atoms with Crippen LogP contribution >= 0.6 is 27.3 Å². The largest absolute Gasteiger partial charge is 0.497 e. The summed E-state index contributed by atoms with van der Waals surface area (Å²) < 4.78 is 19.3. The number of esters is 1. The normalized spacial score (nSPS) is 15.6. The molecule has 176 valence electrons. The average Bonchev–Trinajstić information content (AvgIpc) is 3.13. The molecule has 2 heterocycles. The minimum absolute atomic E-state index is 0.204. The molecular weight excluding hydrogens is 520 g/mol. The third-order valence-corrected chi connectivity index (χ3v) is 6.93. The number of carbonyl (C=O) groups excluding carboxylic acids is 1. The Morgan fingerprint density at radius 2 is 1.91 bits per heavy atom. The fraction of sp³-hybridized carbons (Fsp3) is 0.240. The Balaban J connectivity index is 1.99. The number of hydrogen-bond donors (Lipinski definition) is 0. The smallest absolute Gasteiger partial charge is 0.338 e. The summed E-state index contributed by atoms with van der Waals surface area (Å²) in [4.78, 5) is 31.8. The van der Waals surface area contributed by atoms with E-state index in [0.717, 1.165) is 10.0 Å². The zero-order chi connectivity index (χ0) is 24.4. The zero-order valence-corrected chi connectivity index (χ0v) is 21.5. The predicted octanol–water partition coefficient (Wildman–Crippen LogP) is 3.58. The molecule has 0 aliphatic carbocycles. The number of fused-ring (bicyclic) bond motifs is 1. The van der Waals surface area contributed by atoms with E-state index in [0.29, 0.717) is 37.7 Å². The molecule has 9 heteroatoms. The van der Waals surface area contributed by atoms with Crippen molar-refractivity contribution in [3.8, 4) is 11.5 Å². The molecule has 34 heavy (non-hydrogen) atoms. The van der Waals surface area contributed by atoms with Gasteiger partial charge in [0.05, 0.1) is 36.6 Å². The molecule has 1 atom stereocenters. The Hall–Kier alpha value is -3.17. The summed E-state index contributed by atoms with van der Waals surface area (Å²) in [7, 11) is 3.10. The van der Waals surface area contributed by atoms with Crippen LogP contribution in [-0.2, 0) is 9.53 Å². The van der Waals surface area contributed by atoms with Crippen LogP contribution in [0.25, 0.3) is 6.08 Å². The van der Waals surface area contributed by atoms with Crippen molar-refractivity contribution < 1.29 is 19.0 Å². The highest BCUT2D eigenvalue weighted by Gasteiger charge is 2.35. The van der Waals surface area contributed by atoms with Gasteiger partial charge in [0.25, 0.3) is 5.56 Å². The van der Waals surface area contributed by atoms with E-state index in [2.05, 4.69) is 20.9 Å². The molecular formula is C25H23BrN2O5S. The Bertz CT molecular complexity index is 1450. The molecule has 0 spiro atoms. The standard InChI is InChI=1S/C25H23BrN2O5S/c1-5-33-24(30)21-14(2)27-25-28(22(21)18-11-10-17(31-3)13-19(18)32-4)23(29)20(34-25)12-15-6-8-16(26)9-7-15/h6-13,22H,5H2,1-4H3/b20-12-/t22-/m0/s1. The van der Waals surface area contributed by atoms with Crippen LogP contribution in [0.5, 0.6) is 11.5 Å². The maximum atomic E-state index is 13.7. The van der Waals surface area contributed by atoms with E-state index in [4.69, 9.17) is 14.2 Å². The van der Waals surface area contributed by atoms with E-state index in [-0.39, 0.29) is 12.2 Å². The number of ether oxygens (including phenoxy) is 3. The molecule has 1 aliphatic heterocycles. The van der Waals surface area contributed by atoms with E-state index < -0.39 is 12.0 Å². The number of methoxy groups -OCH3 is 2. The molecule has 0 unspecified atom stereocenters. The lowest BCUT2D eigenvalue weighted by molar-refractivity contribution is -0.139. The van der Waals surface area contributed by atoms with Gasteiger partial charge in [-0.15, -0.1) is 0 Å². The van der Waals surface area contributed by atoms with Crippen LogP contribution in [0.3, 0.4) is 0 Å². The lowest BCUT2D eigenvalue weighted by Crippen LogP contribution is -2.40. The molecule has 0 saturated carbocycles. The molecule has 0 radical (unpaired) electrons. The maximum Gasteiger partial charge on any atom is 0.338 e. The number of carbonyl (C=O) groups is 1. The molecule has 1 aromatic heterocycles. The first-order valence-electron chi connectivity index (χ1n) is 10.5. The highest BCUT2D eigenvalue weighted by Crippen LogP contribution is 2.37. The minimum atomic E-state index is -0.761. The first-order chi connectivity index (χ1) is 16.4. The lowest BCUT2D eigenvalue weighted by atomic mass is 9.95. The molecule has 0 N–H and O–H groups in total. The second kappa shape index (κ2) is 9.99. The maximum absolute atomic E-state index is 13.7. The van der Waals surface area contributed by atoms with Crippen molar-refractivity contribution in [2.75, 3.05) is 20.8 Å². The summed E-state index contributed by atoms with van der Waals surface area (Å²) >= 11 is 4.70. The van der Waals surface area contributed by atoms with Crippen LogP contribution < -0.4 is 24.4 Å². The Kier molecular flexibility index (Phi) is 7.04. The monoisotopic (exact) mass is 542 g/mol. The summed E-state index contributed by atoms with van der Waals surface area (Å²) in [5, 5.41) is 0. The zero-order valence-electron chi connectivity index (χ0n) is 19.1. The minimum Gasteiger partial charge on any atom is -0.497 e. The van der Waals surface area contributed by atoms with Crippen LogP contribution in [0.4, 0.5) is 0 Å². The van der Waals surface area contributed by atoms with Crippen LogP contribution in [0.2, 0.25) is 0 Å². The van der Waals surface area contributed by atoms with Crippen LogP contribution in [-0.4, -0.2) is 31.4 Å². The molecule has 0 bridgehead atoms. The number of allylic oxidation sites excluding steroid dienone is 1. The van der Waals surface area contributed by atoms with E-state index in [9.17, 15) is 9.59 Å². The Morgan fingerprint density at radius 3 is 2.56 bits per heavy atom. The number of thiazole rings is 1. The number of aromatic nitrogens is 1. The second-order valence-electron chi connectivity index (χ2n) is 7.46. The molecule has 0 fully saturated rings. The average molecular weight is 543 g/mol. The van der Waals surface area contributed by atoms with E-state index in [1.54, 1.807) is 43.7 Å². The Labute approximate surface area is 208 Å². The number of benzene rings is 2. The summed E-state index contributed by atoms with van der Waals surface area (Å²) in [5.74, 6) is 0.568. The second-order valence-corrected chi connectivity index (χ2v) is 9.39. The van der Waals surface area contributed by atoms with Crippen molar-refractivity contribution >= 4 is 39.3 Å². The number of halogens is 1. The van der Waals surface area contributed by atoms with Gasteiger partial charge in [0, 0.05) is 16.1 Å². The summed E-state index contributed by atoms with van der Waals surface area (Å²) in [5.41, 5.74) is 2.07. The predicted molar refractivity (Wildman–Crippen MR) is 134 cm³/mol. The quantitative estimate of drug-likeness (QED) is 0.445. The van der Waals surface area contributed by atoms with Gasteiger partial charge in [-0.1, -0.05) is 39.4 Å². The van der Waals surface area contributed by atoms with Gasteiger partial charge >= 0.3 is 5.97 Å². The van der Waals surface area contributed by atoms with Gasteiger partial charge in [-0.25, -0.2) is 9.79 Å². The van der Waals surface area contributed by atoms with Gasteiger partial charge in [-0.3, -0.25) is 9.36 Å². The van der Waals surface area contributed by atoms with Crippen molar-refractivity contribution in [1.82, 2.24) is 4.57 Å². The fourth-order valence-corrected chi connectivity index (χ4v) is 5.15. The summed E-state index contributed by atoms with van der Waals surface area (Å²) in [6.07, 6.45) is 1.82. The van der Waals surface area contributed by atoms with Crippen molar-refractivity contribution in [2.24, 2.45) is 4.99 Å². The fourth-order valence-electron chi connectivity index (χ4n) is 3.84. The molecule has 0 amide bonds. The number of nitrogens with zero attached hydrogens (tertiary/aromatic N) is 2. The first kappa shape index (κ1) is 24.0. The van der Waals surface area contributed by atoms with Gasteiger partial charge in [0.15, 0.2) is 4.80 Å². The van der Waals surface area contributed by atoms with E-state index >= 15 is 0 Å². The lowest BCUT2D eigenvalue weighted by Gasteiger charge is -2.26. The van der Waals surface area contributed by atoms with Crippen molar-refractivity contribution in [1.29, 1.82) is 0 Å². The van der Waals surface area contributed by atoms with Crippen molar-refractivity contribution in [2.45, 2.75) is 19.9 Å². The van der Waals surface area contributed by atoms with E-state index in [1.807, 2.05) is 30.3 Å². The van der Waals surface area contributed by atoms with Crippen molar-refractivity contribution in [3.05, 3.63) is 89.0 Å².